The third-order valence-corrected chi connectivity index (χ3v) is 9.85. The van der Waals surface area contributed by atoms with Gasteiger partial charge in [-0.05, 0) is 45.7 Å². The number of aromatic amines is 1. The summed E-state index contributed by atoms with van der Waals surface area (Å²) in [6.45, 7) is 10.2. The van der Waals surface area contributed by atoms with Crippen molar-refractivity contribution in [3.63, 3.8) is 0 Å². The van der Waals surface area contributed by atoms with Gasteiger partial charge < -0.3 is 29.0 Å². The molecule has 1 saturated carbocycles. The number of alkyl halides is 3. The zero-order valence-corrected chi connectivity index (χ0v) is 30.3. The molecule has 4 aromatic rings. The molecule has 2 aliphatic rings. The Labute approximate surface area is 300 Å². The number of H-pyrrole nitrogens is 1. The number of piperazine rings is 1. The molecule has 1 atom stereocenters. The maximum Gasteiger partial charge on any atom is 0.421 e. The van der Waals surface area contributed by atoms with E-state index in [1.807, 2.05) is 7.05 Å². The standard InChI is InChI=1S/C36H46F3N9O4/c1-6-51-30(49)9-12-47-13-14-48(23(3)20-47)29-19-40-27(18-41-29)32-44-31-28(46(4)21-35(22-50-5)10-8-11-35)16-26(43-33(31)45-32)24-15-25(36(37,38)39)34(42-17-24)52-7-2/h15-19,23H,6-14,20-22H2,1-5H3,(H,43,44,45)/t23-/m1/s1. The molecule has 0 bridgehead atoms. The Hall–Kier alpha value is -4.57. The van der Waals surface area contributed by atoms with E-state index in [9.17, 15) is 18.0 Å². The van der Waals surface area contributed by atoms with E-state index in [0.29, 0.717) is 61.1 Å². The van der Waals surface area contributed by atoms with Crippen LogP contribution in [-0.4, -0.2) is 114 Å². The summed E-state index contributed by atoms with van der Waals surface area (Å²) < 4.78 is 58.1. The number of halogens is 3. The summed E-state index contributed by atoms with van der Waals surface area (Å²) in [6, 6.07) is 2.94. The summed E-state index contributed by atoms with van der Waals surface area (Å²) in [5, 5.41) is 0. The van der Waals surface area contributed by atoms with Gasteiger partial charge in [0.15, 0.2) is 11.5 Å². The largest absolute Gasteiger partial charge is 0.478 e. The smallest absolute Gasteiger partial charge is 0.421 e. The molecular weight excluding hydrogens is 679 g/mol. The number of methoxy groups -OCH3 is 1. The van der Waals surface area contributed by atoms with Crippen molar-refractivity contribution in [3.8, 4) is 28.7 Å². The Morgan fingerprint density at radius 1 is 1.06 bits per heavy atom. The quantitative estimate of drug-likeness (QED) is 0.162. The van der Waals surface area contributed by atoms with Crippen LogP contribution in [0.4, 0.5) is 24.7 Å². The van der Waals surface area contributed by atoms with Crippen molar-refractivity contribution >= 4 is 28.6 Å². The average molecular weight is 726 g/mol. The Bertz CT molecular complexity index is 1850. The summed E-state index contributed by atoms with van der Waals surface area (Å²) in [6.07, 6.45) is 3.55. The predicted octanol–water partition coefficient (Wildman–Crippen LogP) is 5.61. The van der Waals surface area contributed by atoms with Crippen LogP contribution in [0.25, 0.3) is 33.9 Å². The van der Waals surface area contributed by atoms with Crippen LogP contribution in [0, 0.1) is 5.41 Å². The van der Waals surface area contributed by atoms with Gasteiger partial charge in [0.05, 0.1) is 50.0 Å². The maximum atomic E-state index is 14.1. The van der Waals surface area contributed by atoms with E-state index in [1.165, 1.54) is 6.20 Å². The van der Waals surface area contributed by atoms with E-state index in [-0.39, 0.29) is 29.6 Å². The minimum atomic E-state index is -4.67. The fourth-order valence-corrected chi connectivity index (χ4v) is 7.16. The number of fused-ring (bicyclic) bond motifs is 1. The van der Waals surface area contributed by atoms with Crippen LogP contribution in [-0.2, 0) is 20.4 Å². The van der Waals surface area contributed by atoms with E-state index in [2.05, 4.69) is 31.6 Å². The SMILES string of the molecule is CCOC(=O)CCN1CCN(c2cnc(-c3nc4nc(-c5cnc(OCC)c(C(F)(F)F)c5)cc(N(C)CC5(COC)CCC5)c4[nH]3)cn2)[C@H](C)C1. The Morgan fingerprint density at radius 3 is 2.50 bits per heavy atom. The van der Waals surface area contributed by atoms with Crippen LogP contribution in [0.2, 0.25) is 0 Å². The molecular formula is C36H46F3N9O4. The Balaban J connectivity index is 1.30. The molecule has 5 heterocycles. The number of imidazole rings is 1. The van der Waals surface area contributed by atoms with Gasteiger partial charge in [0.25, 0.3) is 0 Å². The molecule has 1 saturated heterocycles. The highest BCUT2D eigenvalue weighted by Gasteiger charge is 2.39. The van der Waals surface area contributed by atoms with E-state index in [0.717, 1.165) is 56.5 Å². The van der Waals surface area contributed by atoms with Gasteiger partial charge in [-0.15, -0.1) is 0 Å². The van der Waals surface area contributed by atoms with Crippen LogP contribution in [0.5, 0.6) is 5.88 Å². The first-order chi connectivity index (χ1) is 24.9. The highest BCUT2D eigenvalue weighted by Crippen LogP contribution is 2.44. The van der Waals surface area contributed by atoms with Gasteiger partial charge in [-0.3, -0.25) is 9.69 Å². The number of hydrogen-bond acceptors (Lipinski definition) is 12. The van der Waals surface area contributed by atoms with Crippen molar-refractivity contribution in [1.82, 2.24) is 34.8 Å². The maximum absolute atomic E-state index is 14.1. The van der Waals surface area contributed by atoms with Crippen LogP contribution in [0.15, 0.2) is 30.7 Å². The van der Waals surface area contributed by atoms with Gasteiger partial charge in [0.1, 0.15) is 22.6 Å². The predicted molar refractivity (Wildman–Crippen MR) is 190 cm³/mol. The average Bonchev–Trinajstić information content (AvgIpc) is 3.54. The van der Waals surface area contributed by atoms with Crippen LogP contribution in [0.1, 0.15) is 52.0 Å². The molecule has 0 radical (unpaired) electrons. The number of carbonyl (C=O) groups excluding carboxylic acids is 1. The highest BCUT2D eigenvalue weighted by atomic mass is 19.4. The molecule has 16 heteroatoms. The molecule has 0 amide bonds. The molecule has 280 valence electrons. The van der Waals surface area contributed by atoms with Gasteiger partial charge in [0.2, 0.25) is 5.88 Å². The number of ether oxygens (including phenoxy) is 3. The number of aromatic nitrogens is 6. The molecule has 1 aliphatic heterocycles. The number of pyridine rings is 2. The molecule has 6 rings (SSSR count). The lowest BCUT2D eigenvalue weighted by Crippen LogP contribution is -2.52. The fourth-order valence-electron chi connectivity index (χ4n) is 7.16. The monoisotopic (exact) mass is 725 g/mol. The van der Waals surface area contributed by atoms with Crippen molar-refractivity contribution < 1.29 is 32.2 Å². The van der Waals surface area contributed by atoms with Crippen molar-refractivity contribution in [2.24, 2.45) is 5.41 Å². The van der Waals surface area contributed by atoms with Crippen LogP contribution in [0.3, 0.4) is 0 Å². The van der Waals surface area contributed by atoms with Gasteiger partial charge in [-0.1, -0.05) is 6.42 Å². The summed E-state index contributed by atoms with van der Waals surface area (Å²) in [7, 11) is 3.65. The van der Waals surface area contributed by atoms with E-state index in [4.69, 9.17) is 34.1 Å². The summed E-state index contributed by atoms with van der Waals surface area (Å²) in [5.41, 5.74) is 1.65. The first-order valence-electron chi connectivity index (χ1n) is 17.7. The Kier molecular flexibility index (Phi) is 11.1. The molecule has 4 aromatic heterocycles. The first kappa shape index (κ1) is 37.2. The lowest BCUT2D eigenvalue weighted by molar-refractivity contribution is -0.143. The normalized spacial score (nSPS) is 17.6. The number of carbonyl (C=O) groups is 1. The second kappa shape index (κ2) is 15.6. The van der Waals surface area contributed by atoms with Gasteiger partial charge in [0, 0.05) is 70.1 Å². The van der Waals surface area contributed by atoms with Gasteiger partial charge >= 0.3 is 12.1 Å². The van der Waals surface area contributed by atoms with Crippen LogP contribution < -0.4 is 14.5 Å². The number of rotatable bonds is 14. The molecule has 13 nitrogen and oxygen atoms in total. The zero-order valence-electron chi connectivity index (χ0n) is 30.3. The molecule has 0 unspecified atom stereocenters. The minimum absolute atomic E-state index is 0.0307. The summed E-state index contributed by atoms with van der Waals surface area (Å²) in [5.74, 6) is 0.497. The molecule has 1 aliphatic carbocycles. The number of anilines is 2. The topological polar surface area (TPSA) is 135 Å². The second-order valence-electron chi connectivity index (χ2n) is 13.6. The number of nitrogens with one attached hydrogen (secondary N) is 1. The lowest BCUT2D eigenvalue weighted by atomic mass is 9.69. The highest BCUT2D eigenvalue weighted by molar-refractivity contribution is 5.91. The third kappa shape index (κ3) is 8.07. The van der Waals surface area contributed by atoms with Crippen molar-refractivity contribution in [1.29, 1.82) is 0 Å². The van der Waals surface area contributed by atoms with Crippen molar-refractivity contribution in [2.75, 3.05) is 76.5 Å². The zero-order chi connectivity index (χ0) is 37.0. The van der Waals surface area contributed by atoms with Gasteiger partial charge in [-0.2, -0.15) is 13.2 Å². The van der Waals surface area contributed by atoms with E-state index in [1.54, 1.807) is 39.4 Å². The van der Waals surface area contributed by atoms with Crippen molar-refractivity contribution in [2.45, 2.75) is 58.7 Å². The molecule has 0 spiro atoms. The fraction of sp³-hybridized carbons (Fsp3) is 0.556. The second-order valence-corrected chi connectivity index (χ2v) is 13.6. The first-order valence-corrected chi connectivity index (χ1v) is 17.7. The number of nitrogens with zero attached hydrogens (tertiary/aromatic N) is 8. The third-order valence-electron chi connectivity index (χ3n) is 9.85. The Morgan fingerprint density at radius 2 is 1.87 bits per heavy atom. The summed E-state index contributed by atoms with van der Waals surface area (Å²) >= 11 is 0. The minimum Gasteiger partial charge on any atom is -0.478 e. The number of hydrogen-bond donors (Lipinski definition) is 1. The van der Waals surface area contributed by atoms with E-state index < -0.39 is 17.6 Å². The molecule has 2 fully saturated rings. The molecule has 0 aromatic carbocycles. The number of esters is 1. The molecule has 52 heavy (non-hydrogen) atoms. The van der Waals surface area contributed by atoms with Crippen LogP contribution >= 0.6 is 0 Å². The van der Waals surface area contributed by atoms with Gasteiger partial charge in [-0.25, -0.2) is 24.9 Å². The van der Waals surface area contributed by atoms with E-state index >= 15 is 0 Å². The summed E-state index contributed by atoms with van der Waals surface area (Å²) in [4.78, 5) is 44.7. The molecule has 1 N–H and O–H groups in total. The van der Waals surface area contributed by atoms with Crippen molar-refractivity contribution in [3.05, 3.63) is 36.3 Å². The lowest BCUT2D eigenvalue weighted by Gasteiger charge is -2.44.